The van der Waals surface area contributed by atoms with Crippen LogP contribution in [0.4, 0.5) is 0 Å². The molecule has 2 N–H and O–H groups in total. The average Bonchev–Trinajstić information content (AvgIpc) is 2.71. The monoisotopic (exact) mass is 195 g/mol. The third-order valence-electron chi connectivity index (χ3n) is 1.58. The zero-order valence-corrected chi connectivity index (χ0v) is 7.95. The highest BCUT2D eigenvalue weighted by Gasteiger charge is 2.06. The van der Waals surface area contributed by atoms with Crippen molar-refractivity contribution in [2.45, 2.75) is 6.54 Å². The summed E-state index contributed by atoms with van der Waals surface area (Å²) in [4.78, 5) is 5.80. The Balaban J connectivity index is 2.35. The van der Waals surface area contributed by atoms with Gasteiger partial charge in [0.1, 0.15) is 10.7 Å². The van der Waals surface area contributed by atoms with Crippen molar-refractivity contribution in [3.05, 3.63) is 17.3 Å². The van der Waals surface area contributed by atoms with E-state index < -0.39 is 0 Å². The molecule has 5 nitrogen and oxygen atoms in total. The first-order valence-electron chi connectivity index (χ1n) is 3.81. The van der Waals surface area contributed by atoms with Gasteiger partial charge in [0, 0.05) is 19.0 Å². The quantitative estimate of drug-likeness (QED) is 0.753. The molecule has 2 aromatic rings. The molecule has 13 heavy (non-hydrogen) atoms. The number of aromatic nitrogens is 4. The van der Waals surface area contributed by atoms with Gasteiger partial charge in [-0.15, -0.1) is 11.3 Å². The molecule has 0 aromatic carbocycles. The summed E-state index contributed by atoms with van der Waals surface area (Å²) in [5, 5.41) is 10.9. The first-order chi connectivity index (χ1) is 6.29. The third-order valence-corrected chi connectivity index (χ3v) is 2.49. The summed E-state index contributed by atoms with van der Waals surface area (Å²) in [7, 11) is 1.78. The Hall–Kier alpha value is -1.27. The molecule has 0 saturated carbocycles. The molecule has 0 aliphatic carbocycles. The Morgan fingerprint density at radius 3 is 3.00 bits per heavy atom. The summed E-state index contributed by atoms with van der Waals surface area (Å²) in [5.41, 5.74) is 7.14. The minimum Gasteiger partial charge on any atom is -0.325 e. The Kier molecular flexibility index (Phi) is 2.07. The molecule has 68 valence electrons. The van der Waals surface area contributed by atoms with E-state index in [1.54, 1.807) is 13.2 Å². The topological polar surface area (TPSA) is 69.6 Å². The minimum absolute atomic E-state index is 0.469. The zero-order chi connectivity index (χ0) is 9.26. The van der Waals surface area contributed by atoms with Crippen LogP contribution in [0.5, 0.6) is 0 Å². The maximum Gasteiger partial charge on any atom is 0.145 e. The summed E-state index contributed by atoms with van der Waals surface area (Å²) >= 11 is 1.53. The zero-order valence-electron chi connectivity index (χ0n) is 7.14. The first kappa shape index (κ1) is 8.33. The molecule has 0 amide bonds. The van der Waals surface area contributed by atoms with E-state index in [0.29, 0.717) is 6.54 Å². The van der Waals surface area contributed by atoms with Gasteiger partial charge in [-0.25, -0.2) is 4.98 Å². The van der Waals surface area contributed by atoms with Gasteiger partial charge in [0.15, 0.2) is 0 Å². The summed E-state index contributed by atoms with van der Waals surface area (Å²) in [6, 6.07) is 0. The van der Waals surface area contributed by atoms with Crippen LogP contribution in [-0.4, -0.2) is 20.0 Å². The first-order valence-corrected chi connectivity index (χ1v) is 4.68. The molecule has 0 spiro atoms. The Morgan fingerprint density at radius 1 is 1.62 bits per heavy atom. The van der Waals surface area contributed by atoms with Crippen LogP contribution in [0.15, 0.2) is 11.6 Å². The number of hydrogen-bond acceptors (Lipinski definition) is 5. The van der Waals surface area contributed by atoms with Crippen molar-refractivity contribution >= 4 is 11.3 Å². The standard InChI is InChI=1S/C7H9N5S/c1-12-9-3-6(11-12)7-10-5(2-8)4-13-7/h3-4H,2,8H2,1H3. The summed E-state index contributed by atoms with van der Waals surface area (Å²) in [5.74, 6) is 0. The minimum atomic E-state index is 0.469. The van der Waals surface area contributed by atoms with Crippen LogP contribution in [0.2, 0.25) is 0 Å². The van der Waals surface area contributed by atoms with Gasteiger partial charge in [0.2, 0.25) is 0 Å². The van der Waals surface area contributed by atoms with Crippen molar-refractivity contribution in [3.63, 3.8) is 0 Å². The predicted molar refractivity (Wildman–Crippen MR) is 50.0 cm³/mol. The smallest absolute Gasteiger partial charge is 0.145 e. The molecule has 2 rings (SSSR count). The number of thiazole rings is 1. The number of aryl methyl sites for hydroxylation is 1. The molecular weight excluding hydrogens is 186 g/mol. The van der Waals surface area contributed by atoms with Crippen LogP contribution < -0.4 is 5.73 Å². The highest BCUT2D eigenvalue weighted by molar-refractivity contribution is 7.13. The van der Waals surface area contributed by atoms with Gasteiger partial charge in [0.25, 0.3) is 0 Å². The van der Waals surface area contributed by atoms with Gasteiger partial charge in [-0.05, 0) is 0 Å². The molecule has 0 aliphatic rings. The molecule has 2 aromatic heterocycles. The second-order valence-corrected chi connectivity index (χ2v) is 3.43. The fraction of sp³-hybridized carbons (Fsp3) is 0.286. The van der Waals surface area contributed by atoms with E-state index in [2.05, 4.69) is 15.2 Å². The maximum absolute atomic E-state index is 5.45. The number of rotatable bonds is 2. The molecule has 2 heterocycles. The van der Waals surface area contributed by atoms with E-state index in [9.17, 15) is 0 Å². The lowest BCUT2D eigenvalue weighted by Gasteiger charge is -1.86. The van der Waals surface area contributed by atoms with Crippen LogP contribution in [0.25, 0.3) is 10.7 Å². The summed E-state index contributed by atoms with van der Waals surface area (Å²) in [6.07, 6.45) is 1.69. The largest absolute Gasteiger partial charge is 0.325 e. The summed E-state index contributed by atoms with van der Waals surface area (Å²) < 4.78 is 0. The van der Waals surface area contributed by atoms with Crippen LogP contribution in [0.1, 0.15) is 5.69 Å². The van der Waals surface area contributed by atoms with Gasteiger partial charge in [0.05, 0.1) is 11.9 Å². The molecule has 0 radical (unpaired) electrons. The van der Waals surface area contributed by atoms with E-state index in [1.165, 1.54) is 16.1 Å². The van der Waals surface area contributed by atoms with Gasteiger partial charge < -0.3 is 5.73 Å². The third kappa shape index (κ3) is 1.58. The van der Waals surface area contributed by atoms with Crippen molar-refractivity contribution in [2.75, 3.05) is 0 Å². The van der Waals surface area contributed by atoms with Crippen molar-refractivity contribution < 1.29 is 0 Å². The second kappa shape index (κ2) is 3.23. The normalized spacial score (nSPS) is 10.6. The number of nitrogens with zero attached hydrogens (tertiary/aromatic N) is 4. The van der Waals surface area contributed by atoms with E-state index >= 15 is 0 Å². The van der Waals surface area contributed by atoms with E-state index in [4.69, 9.17) is 5.73 Å². The van der Waals surface area contributed by atoms with E-state index in [1.807, 2.05) is 5.38 Å². The van der Waals surface area contributed by atoms with Crippen molar-refractivity contribution in [2.24, 2.45) is 12.8 Å². The maximum atomic E-state index is 5.45. The number of hydrogen-bond donors (Lipinski definition) is 1. The lowest BCUT2D eigenvalue weighted by Crippen LogP contribution is -1.96. The van der Waals surface area contributed by atoms with Crippen molar-refractivity contribution in [3.8, 4) is 10.7 Å². The Morgan fingerprint density at radius 2 is 2.46 bits per heavy atom. The highest BCUT2D eigenvalue weighted by Crippen LogP contribution is 2.20. The SMILES string of the molecule is Cn1ncc(-c2nc(CN)cs2)n1. The van der Waals surface area contributed by atoms with Crippen LogP contribution in [0.3, 0.4) is 0 Å². The molecule has 0 unspecified atom stereocenters. The van der Waals surface area contributed by atoms with Crippen LogP contribution >= 0.6 is 11.3 Å². The fourth-order valence-electron chi connectivity index (χ4n) is 0.962. The molecule has 0 atom stereocenters. The number of nitrogens with two attached hydrogens (primary N) is 1. The lowest BCUT2D eigenvalue weighted by molar-refractivity contribution is 0.655. The van der Waals surface area contributed by atoms with Crippen molar-refractivity contribution in [1.82, 2.24) is 20.0 Å². The van der Waals surface area contributed by atoms with Crippen LogP contribution in [0, 0.1) is 0 Å². The lowest BCUT2D eigenvalue weighted by atomic mass is 10.5. The summed E-state index contributed by atoms with van der Waals surface area (Å²) in [6.45, 7) is 0.469. The van der Waals surface area contributed by atoms with Gasteiger partial charge in [-0.2, -0.15) is 15.0 Å². The average molecular weight is 195 g/mol. The fourth-order valence-corrected chi connectivity index (χ4v) is 1.74. The second-order valence-electron chi connectivity index (χ2n) is 2.57. The highest BCUT2D eigenvalue weighted by atomic mass is 32.1. The Labute approximate surface area is 79.2 Å². The molecule has 0 aliphatic heterocycles. The molecule has 6 heteroatoms. The van der Waals surface area contributed by atoms with Gasteiger partial charge >= 0.3 is 0 Å². The predicted octanol–water partition coefficient (Wildman–Crippen LogP) is 0.397. The van der Waals surface area contributed by atoms with Crippen LogP contribution in [-0.2, 0) is 13.6 Å². The molecular formula is C7H9N5S. The van der Waals surface area contributed by atoms with Gasteiger partial charge in [-0.3, -0.25) is 0 Å². The van der Waals surface area contributed by atoms with Crippen molar-refractivity contribution in [1.29, 1.82) is 0 Å². The molecule has 0 fully saturated rings. The van der Waals surface area contributed by atoms with E-state index in [0.717, 1.165) is 16.4 Å². The van der Waals surface area contributed by atoms with Gasteiger partial charge in [-0.1, -0.05) is 0 Å². The van der Waals surface area contributed by atoms with E-state index in [-0.39, 0.29) is 0 Å². The Bertz CT molecular complexity index is 404. The molecule has 0 saturated heterocycles. The molecule has 0 bridgehead atoms.